The quantitative estimate of drug-likeness (QED) is 0.846. The molecule has 7 heteroatoms. The molecule has 0 bridgehead atoms. The standard InChI is InChI=1S/C12H13Cl2NO4/c1-7(16)15-10(12(17)18-2)6-19-11-5-8(13)3-4-9(11)14/h3-5,10H,6H2,1-2H3,(H,15,16). The fourth-order valence-electron chi connectivity index (χ4n) is 1.32. The number of halogens is 2. The lowest BCUT2D eigenvalue weighted by Gasteiger charge is -2.16. The van der Waals surface area contributed by atoms with E-state index >= 15 is 0 Å². The molecule has 1 rings (SSSR count). The SMILES string of the molecule is COC(=O)C(COc1cc(Cl)ccc1Cl)NC(C)=O. The van der Waals surface area contributed by atoms with Gasteiger partial charge in [0, 0.05) is 18.0 Å². The van der Waals surface area contributed by atoms with Crippen molar-refractivity contribution >= 4 is 35.1 Å². The molecule has 0 saturated heterocycles. The van der Waals surface area contributed by atoms with Crippen LogP contribution in [0.5, 0.6) is 5.75 Å². The molecule has 5 nitrogen and oxygen atoms in total. The van der Waals surface area contributed by atoms with Crippen molar-refractivity contribution in [2.75, 3.05) is 13.7 Å². The van der Waals surface area contributed by atoms with E-state index in [0.29, 0.717) is 15.8 Å². The first-order valence-corrected chi connectivity index (χ1v) is 6.12. The summed E-state index contributed by atoms with van der Waals surface area (Å²) < 4.78 is 9.93. The Hall–Kier alpha value is -1.46. The predicted octanol–water partition coefficient (Wildman–Crippen LogP) is 2.05. The van der Waals surface area contributed by atoms with Gasteiger partial charge in [0.25, 0.3) is 0 Å². The minimum Gasteiger partial charge on any atom is -0.489 e. The summed E-state index contributed by atoms with van der Waals surface area (Å²) in [5.74, 6) is -0.641. The molecule has 1 atom stereocenters. The molecule has 0 aliphatic rings. The zero-order chi connectivity index (χ0) is 14.4. The molecule has 1 aromatic rings. The zero-order valence-corrected chi connectivity index (χ0v) is 11.9. The highest BCUT2D eigenvalue weighted by atomic mass is 35.5. The Morgan fingerprint density at radius 2 is 2.05 bits per heavy atom. The Balaban J connectivity index is 2.72. The molecule has 0 aliphatic carbocycles. The Morgan fingerprint density at radius 3 is 2.63 bits per heavy atom. The van der Waals surface area contributed by atoms with Gasteiger partial charge in [0.15, 0.2) is 6.04 Å². The van der Waals surface area contributed by atoms with Crippen LogP contribution < -0.4 is 10.1 Å². The van der Waals surface area contributed by atoms with Gasteiger partial charge in [-0.1, -0.05) is 23.2 Å². The highest BCUT2D eigenvalue weighted by Gasteiger charge is 2.21. The van der Waals surface area contributed by atoms with Crippen molar-refractivity contribution in [1.29, 1.82) is 0 Å². The lowest BCUT2D eigenvalue weighted by atomic mass is 10.3. The predicted molar refractivity (Wildman–Crippen MR) is 71.6 cm³/mol. The third kappa shape index (κ3) is 4.96. The van der Waals surface area contributed by atoms with Gasteiger partial charge in [-0.05, 0) is 12.1 Å². The molecule has 19 heavy (non-hydrogen) atoms. The van der Waals surface area contributed by atoms with E-state index in [1.165, 1.54) is 20.1 Å². The summed E-state index contributed by atoms with van der Waals surface area (Å²) in [4.78, 5) is 22.4. The number of carbonyl (C=O) groups is 2. The number of rotatable bonds is 5. The number of nitrogens with one attached hydrogen (secondary N) is 1. The summed E-state index contributed by atoms with van der Waals surface area (Å²) >= 11 is 11.7. The number of hydrogen-bond acceptors (Lipinski definition) is 4. The summed E-state index contributed by atoms with van der Waals surface area (Å²) in [6, 6.07) is 3.80. The second-order valence-corrected chi connectivity index (χ2v) is 4.51. The Labute approximate surface area is 120 Å². The molecule has 0 radical (unpaired) electrons. The van der Waals surface area contributed by atoms with Crippen molar-refractivity contribution in [3.05, 3.63) is 28.2 Å². The van der Waals surface area contributed by atoms with E-state index in [1.807, 2.05) is 0 Å². The van der Waals surface area contributed by atoms with E-state index in [9.17, 15) is 9.59 Å². The number of hydrogen-bond donors (Lipinski definition) is 1. The Kier molecular flexibility index (Phi) is 5.92. The molecular weight excluding hydrogens is 293 g/mol. The average molecular weight is 306 g/mol. The van der Waals surface area contributed by atoms with Gasteiger partial charge in [0.05, 0.1) is 12.1 Å². The van der Waals surface area contributed by atoms with Crippen LogP contribution in [0.15, 0.2) is 18.2 Å². The lowest BCUT2D eigenvalue weighted by Crippen LogP contribution is -2.44. The first kappa shape index (κ1) is 15.6. The van der Waals surface area contributed by atoms with Gasteiger partial charge < -0.3 is 14.8 Å². The van der Waals surface area contributed by atoms with Crippen LogP contribution in [0.4, 0.5) is 0 Å². The highest BCUT2D eigenvalue weighted by molar-refractivity contribution is 6.34. The maximum absolute atomic E-state index is 11.4. The van der Waals surface area contributed by atoms with E-state index < -0.39 is 12.0 Å². The molecule has 0 fully saturated rings. The van der Waals surface area contributed by atoms with Gasteiger partial charge in [-0.3, -0.25) is 4.79 Å². The number of ether oxygens (including phenoxy) is 2. The van der Waals surface area contributed by atoms with E-state index in [4.69, 9.17) is 27.9 Å². The van der Waals surface area contributed by atoms with Gasteiger partial charge in [-0.15, -0.1) is 0 Å². The maximum atomic E-state index is 11.4. The molecule has 0 heterocycles. The second kappa shape index (κ2) is 7.21. The average Bonchev–Trinajstić information content (AvgIpc) is 2.36. The molecule has 1 aromatic carbocycles. The normalized spacial score (nSPS) is 11.6. The van der Waals surface area contributed by atoms with Crippen LogP contribution in [0.3, 0.4) is 0 Å². The van der Waals surface area contributed by atoms with Crippen LogP contribution in [0.25, 0.3) is 0 Å². The van der Waals surface area contributed by atoms with Crippen molar-refractivity contribution in [3.63, 3.8) is 0 Å². The number of carbonyl (C=O) groups excluding carboxylic acids is 2. The lowest BCUT2D eigenvalue weighted by molar-refractivity contribution is -0.145. The van der Waals surface area contributed by atoms with Crippen LogP contribution in [0.2, 0.25) is 10.0 Å². The number of methoxy groups -OCH3 is 1. The molecular formula is C12H13Cl2NO4. The molecule has 0 saturated carbocycles. The summed E-state index contributed by atoms with van der Waals surface area (Å²) in [5, 5.41) is 3.23. The molecule has 1 unspecified atom stereocenters. The largest absolute Gasteiger partial charge is 0.489 e. The Bertz CT molecular complexity index is 479. The van der Waals surface area contributed by atoms with Crippen molar-refractivity contribution in [1.82, 2.24) is 5.32 Å². The fourth-order valence-corrected chi connectivity index (χ4v) is 1.65. The van der Waals surface area contributed by atoms with Crippen molar-refractivity contribution in [2.24, 2.45) is 0 Å². The van der Waals surface area contributed by atoms with E-state index in [2.05, 4.69) is 10.1 Å². The smallest absolute Gasteiger partial charge is 0.331 e. The molecule has 0 aromatic heterocycles. The number of amides is 1. The van der Waals surface area contributed by atoms with E-state index in [0.717, 1.165) is 0 Å². The molecule has 1 amide bonds. The van der Waals surface area contributed by atoms with E-state index in [-0.39, 0.29) is 12.5 Å². The number of esters is 1. The van der Waals surface area contributed by atoms with Crippen LogP contribution in [0.1, 0.15) is 6.92 Å². The van der Waals surface area contributed by atoms with Crippen molar-refractivity contribution < 1.29 is 19.1 Å². The Morgan fingerprint density at radius 1 is 1.37 bits per heavy atom. The van der Waals surface area contributed by atoms with Gasteiger partial charge >= 0.3 is 5.97 Å². The van der Waals surface area contributed by atoms with Crippen molar-refractivity contribution in [3.8, 4) is 5.75 Å². The molecule has 0 spiro atoms. The van der Waals surface area contributed by atoms with Gasteiger partial charge in [-0.2, -0.15) is 0 Å². The maximum Gasteiger partial charge on any atom is 0.331 e. The van der Waals surface area contributed by atoms with Gasteiger partial charge in [0.1, 0.15) is 12.4 Å². The third-order valence-electron chi connectivity index (χ3n) is 2.16. The van der Waals surface area contributed by atoms with E-state index in [1.54, 1.807) is 12.1 Å². The second-order valence-electron chi connectivity index (χ2n) is 3.66. The fraction of sp³-hybridized carbons (Fsp3) is 0.333. The van der Waals surface area contributed by atoms with Crippen molar-refractivity contribution in [2.45, 2.75) is 13.0 Å². The summed E-state index contributed by atoms with van der Waals surface area (Å²) in [6.45, 7) is 1.19. The van der Waals surface area contributed by atoms with Crippen LogP contribution in [-0.4, -0.2) is 31.6 Å². The summed E-state index contributed by atoms with van der Waals surface area (Å²) in [6.07, 6.45) is 0. The van der Waals surface area contributed by atoms with Crippen LogP contribution in [-0.2, 0) is 14.3 Å². The summed E-state index contributed by atoms with van der Waals surface area (Å²) in [5.41, 5.74) is 0. The topological polar surface area (TPSA) is 64.6 Å². The van der Waals surface area contributed by atoms with Gasteiger partial charge in [0.2, 0.25) is 5.91 Å². The molecule has 0 aliphatic heterocycles. The van der Waals surface area contributed by atoms with Crippen LogP contribution in [0, 0.1) is 0 Å². The first-order chi connectivity index (χ1) is 8.93. The monoisotopic (exact) mass is 305 g/mol. The number of benzene rings is 1. The highest BCUT2D eigenvalue weighted by Crippen LogP contribution is 2.27. The molecule has 104 valence electrons. The summed E-state index contributed by atoms with van der Waals surface area (Å²) in [7, 11) is 1.23. The zero-order valence-electron chi connectivity index (χ0n) is 10.4. The van der Waals surface area contributed by atoms with Gasteiger partial charge in [-0.25, -0.2) is 4.79 Å². The van der Waals surface area contributed by atoms with Crippen LogP contribution >= 0.6 is 23.2 Å². The minimum atomic E-state index is -0.905. The minimum absolute atomic E-state index is 0.105. The third-order valence-corrected chi connectivity index (χ3v) is 2.71. The first-order valence-electron chi connectivity index (χ1n) is 5.37. The molecule has 1 N–H and O–H groups in total.